The van der Waals surface area contributed by atoms with Gasteiger partial charge in [-0.2, -0.15) is 4.31 Å². The summed E-state index contributed by atoms with van der Waals surface area (Å²) in [6, 6.07) is -0.236. The van der Waals surface area contributed by atoms with Crippen LogP contribution in [0.4, 0.5) is 0 Å². The number of aliphatic hydroxyl groups is 1. The minimum absolute atomic E-state index is 0.0792. The SMILES string of the molecule is CC(C)CC(CO)N1CC(C)CS1(=O)=O. The highest BCUT2D eigenvalue weighted by Gasteiger charge is 2.38. The molecule has 1 fully saturated rings. The minimum atomic E-state index is -3.12. The molecule has 4 nitrogen and oxygen atoms in total. The third kappa shape index (κ3) is 3.16. The molecule has 0 aliphatic carbocycles. The van der Waals surface area contributed by atoms with Gasteiger partial charge in [0, 0.05) is 12.6 Å². The first kappa shape index (κ1) is 12.9. The molecule has 1 saturated heterocycles. The molecule has 1 aliphatic rings. The monoisotopic (exact) mass is 235 g/mol. The number of aliphatic hydroxyl groups excluding tert-OH is 1. The summed E-state index contributed by atoms with van der Waals surface area (Å²) in [6.45, 7) is 6.48. The van der Waals surface area contributed by atoms with Crippen LogP contribution < -0.4 is 0 Å². The molecule has 90 valence electrons. The van der Waals surface area contributed by atoms with Crippen molar-refractivity contribution < 1.29 is 13.5 Å². The largest absolute Gasteiger partial charge is 0.395 e. The fourth-order valence-corrected chi connectivity index (χ4v) is 4.24. The average molecular weight is 235 g/mol. The summed E-state index contributed by atoms with van der Waals surface area (Å²) in [7, 11) is -3.12. The first-order valence-corrected chi connectivity index (χ1v) is 7.08. The van der Waals surface area contributed by atoms with E-state index in [1.165, 1.54) is 4.31 Å². The van der Waals surface area contributed by atoms with E-state index in [4.69, 9.17) is 0 Å². The van der Waals surface area contributed by atoms with E-state index in [0.29, 0.717) is 12.5 Å². The smallest absolute Gasteiger partial charge is 0.214 e. The summed E-state index contributed by atoms with van der Waals surface area (Å²) in [6.07, 6.45) is 0.725. The molecule has 1 aliphatic heterocycles. The number of nitrogens with zero attached hydrogens (tertiary/aromatic N) is 1. The van der Waals surface area contributed by atoms with Gasteiger partial charge in [0.05, 0.1) is 12.4 Å². The Hall–Kier alpha value is -0.130. The van der Waals surface area contributed by atoms with Crippen molar-refractivity contribution in [2.75, 3.05) is 18.9 Å². The quantitative estimate of drug-likeness (QED) is 0.779. The molecule has 0 bridgehead atoms. The zero-order chi connectivity index (χ0) is 11.6. The lowest BCUT2D eigenvalue weighted by Crippen LogP contribution is -2.40. The Balaban J connectivity index is 2.76. The highest BCUT2D eigenvalue weighted by Crippen LogP contribution is 2.24. The van der Waals surface area contributed by atoms with Crippen molar-refractivity contribution in [1.82, 2.24) is 4.31 Å². The van der Waals surface area contributed by atoms with E-state index in [2.05, 4.69) is 0 Å². The zero-order valence-corrected chi connectivity index (χ0v) is 10.5. The molecule has 5 heteroatoms. The fourth-order valence-electron chi connectivity index (χ4n) is 2.13. The van der Waals surface area contributed by atoms with Gasteiger partial charge in [-0.1, -0.05) is 20.8 Å². The molecule has 2 atom stereocenters. The van der Waals surface area contributed by atoms with E-state index >= 15 is 0 Å². The highest BCUT2D eigenvalue weighted by atomic mass is 32.2. The average Bonchev–Trinajstić information content (AvgIpc) is 2.35. The molecule has 0 aromatic heterocycles. The van der Waals surface area contributed by atoms with Crippen molar-refractivity contribution in [3.8, 4) is 0 Å². The van der Waals surface area contributed by atoms with E-state index in [1.807, 2.05) is 20.8 Å². The lowest BCUT2D eigenvalue weighted by molar-refractivity contribution is 0.169. The molecular weight excluding hydrogens is 214 g/mol. The molecule has 1 heterocycles. The van der Waals surface area contributed by atoms with Crippen LogP contribution in [0.3, 0.4) is 0 Å². The van der Waals surface area contributed by atoms with E-state index in [1.54, 1.807) is 0 Å². The zero-order valence-electron chi connectivity index (χ0n) is 9.68. The summed E-state index contributed by atoms with van der Waals surface area (Å²) < 4.78 is 25.0. The van der Waals surface area contributed by atoms with E-state index < -0.39 is 10.0 Å². The first-order valence-electron chi connectivity index (χ1n) is 5.47. The van der Waals surface area contributed by atoms with Gasteiger partial charge in [-0.3, -0.25) is 0 Å². The van der Waals surface area contributed by atoms with Gasteiger partial charge in [-0.25, -0.2) is 8.42 Å². The molecular formula is C10H21NO3S. The highest BCUT2D eigenvalue weighted by molar-refractivity contribution is 7.89. The van der Waals surface area contributed by atoms with Gasteiger partial charge in [0.25, 0.3) is 0 Å². The van der Waals surface area contributed by atoms with Crippen LogP contribution in [0.1, 0.15) is 27.2 Å². The van der Waals surface area contributed by atoms with E-state index in [-0.39, 0.29) is 24.3 Å². The normalized spacial score (nSPS) is 28.5. The lowest BCUT2D eigenvalue weighted by Gasteiger charge is -2.26. The van der Waals surface area contributed by atoms with Gasteiger partial charge >= 0.3 is 0 Å². The van der Waals surface area contributed by atoms with E-state index in [9.17, 15) is 13.5 Å². The Morgan fingerprint density at radius 3 is 2.40 bits per heavy atom. The second-order valence-corrected chi connectivity index (χ2v) is 6.89. The van der Waals surface area contributed by atoms with Crippen LogP contribution >= 0.6 is 0 Å². The lowest BCUT2D eigenvalue weighted by atomic mass is 10.0. The molecule has 0 radical (unpaired) electrons. The molecule has 0 aromatic carbocycles. The van der Waals surface area contributed by atoms with Crippen molar-refractivity contribution in [2.45, 2.75) is 33.2 Å². The van der Waals surface area contributed by atoms with Gasteiger partial charge in [0.15, 0.2) is 0 Å². The Labute approximate surface area is 92.3 Å². The second kappa shape index (κ2) is 4.80. The minimum Gasteiger partial charge on any atom is -0.395 e. The van der Waals surface area contributed by atoms with Crippen molar-refractivity contribution in [2.24, 2.45) is 11.8 Å². The Bertz CT molecular complexity index is 300. The van der Waals surface area contributed by atoms with Gasteiger partial charge in [0.1, 0.15) is 0 Å². The van der Waals surface area contributed by atoms with Crippen molar-refractivity contribution in [3.05, 3.63) is 0 Å². The number of rotatable bonds is 4. The summed E-state index contributed by atoms with van der Waals surface area (Å²) >= 11 is 0. The van der Waals surface area contributed by atoms with Crippen LogP contribution in [0.2, 0.25) is 0 Å². The van der Waals surface area contributed by atoms with Gasteiger partial charge < -0.3 is 5.11 Å². The van der Waals surface area contributed by atoms with Crippen molar-refractivity contribution >= 4 is 10.0 Å². The van der Waals surface area contributed by atoms with Gasteiger partial charge in [-0.05, 0) is 18.3 Å². The predicted molar refractivity (Wildman–Crippen MR) is 60.0 cm³/mol. The molecule has 0 saturated carbocycles. The maximum atomic E-state index is 11.8. The topological polar surface area (TPSA) is 57.6 Å². The summed E-state index contributed by atoms with van der Waals surface area (Å²) in [5.41, 5.74) is 0. The van der Waals surface area contributed by atoms with Crippen LogP contribution in [0.5, 0.6) is 0 Å². The van der Waals surface area contributed by atoms with E-state index in [0.717, 1.165) is 6.42 Å². The Morgan fingerprint density at radius 2 is 2.07 bits per heavy atom. The summed E-state index contributed by atoms with van der Waals surface area (Å²) in [4.78, 5) is 0. The van der Waals surface area contributed by atoms with Crippen LogP contribution in [-0.4, -0.2) is 42.8 Å². The van der Waals surface area contributed by atoms with Crippen molar-refractivity contribution in [3.63, 3.8) is 0 Å². The Kier molecular flexibility index (Phi) is 4.14. The molecule has 0 spiro atoms. The van der Waals surface area contributed by atoms with Gasteiger partial charge in [-0.15, -0.1) is 0 Å². The van der Waals surface area contributed by atoms with Crippen LogP contribution in [0.25, 0.3) is 0 Å². The van der Waals surface area contributed by atoms with Crippen molar-refractivity contribution in [1.29, 1.82) is 0 Å². The predicted octanol–water partition coefficient (Wildman–Crippen LogP) is 0.675. The third-order valence-corrected chi connectivity index (χ3v) is 4.86. The molecule has 0 aromatic rings. The van der Waals surface area contributed by atoms with Crippen LogP contribution in [-0.2, 0) is 10.0 Å². The van der Waals surface area contributed by atoms with Crippen LogP contribution in [0, 0.1) is 11.8 Å². The van der Waals surface area contributed by atoms with Gasteiger partial charge in [0.2, 0.25) is 10.0 Å². The standard InChI is InChI=1S/C10H21NO3S/c1-8(2)4-10(6-12)11-5-9(3)7-15(11,13)14/h8-10,12H,4-7H2,1-3H3. The maximum absolute atomic E-state index is 11.8. The number of hydrogen-bond acceptors (Lipinski definition) is 3. The molecule has 2 unspecified atom stereocenters. The molecule has 15 heavy (non-hydrogen) atoms. The molecule has 0 amide bonds. The first-order chi connectivity index (χ1) is 6.86. The molecule has 1 rings (SSSR count). The Morgan fingerprint density at radius 1 is 1.47 bits per heavy atom. The number of hydrogen-bond donors (Lipinski definition) is 1. The third-order valence-electron chi connectivity index (χ3n) is 2.71. The maximum Gasteiger partial charge on any atom is 0.214 e. The second-order valence-electron chi connectivity index (χ2n) is 4.92. The summed E-state index contributed by atoms with van der Waals surface area (Å²) in [5, 5.41) is 9.25. The fraction of sp³-hybridized carbons (Fsp3) is 1.00. The summed E-state index contributed by atoms with van der Waals surface area (Å²) in [5.74, 6) is 0.797. The van der Waals surface area contributed by atoms with Crippen LogP contribution in [0.15, 0.2) is 0 Å². The number of sulfonamides is 1. The molecule has 1 N–H and O–H groups in total.